The van der Waals surface area contributed by atoms with Gasteiger partial charge in [0.1, 0.15) is 12.1 Å². The molecule has 0 aliphatic carbocycles. The summed E-state index contributed by atoms with van der Waals surface area (Å²) in [6, 6.07) is 9.40. The van der Waals surface area contributed by atoms with Crippen LogP contribution in [-0.4, -0.2) is 84.7 Å². The largest absolute Gasteiger partial charge is 0.481 e. The maximum absolute atomic E-state index is 13.3. The van der Waals surface area contributed by atoms with E-state index in [1.54, 1.807) is 12.1 Å². The van der Waals surface area contributed by atoms with Gasteiger partial charge in [-0.2, -0.15) is 0 Å². The number of carboxylic acid groups (broad SMARTS) is 1. The number of carboxylic acids is 1. The number of sulfonamides is 1. The minimum atomic E-state index is -3.94. The highest BCUT2D eigenvalue weighted by Crippen LogP contribution is 2.20. The minimum Gasteiger partial charge on any atom is -0.481 e. The van der Waals surface area contributed by atoms with Crippen molar-refractivity contribution in [2.45, 2.75) is 56.5 Å². The van der Waals surface area contributed by atoms with E-state index < -0.39 is 57.3 Å². The number of nitro benzene ring substituents is 1. The SMILES string of the molecule is CC(=O)O.Cc1ccc(S(=O)(=O)NCC(=O)N2CCC[C@@H]2C(=O)N[C@H](CCCN=C(N)N)C(=O)Nc2ccc([N+](=O)[O-])cc2)cc1. The normalized spacial score (nSPS) is 14.7. The number of nitrogens with one attached hydrogen (secondary N) is 3. The van der Waals surface area contributed by atoms with Crippen molar-refractivity contribution in [1.82, 2.24) is 14.9 Å². The lowest BCUT2D eigenvalue weighted by molar-refractivity contribution is -0.384. The maximum Gasteiger partial charge on any atom is 0.300 e. The predicted molar refractivity (Wildman–Crippen MR) is 168 cm³/mol. The number of carbonyl (C=O) groups is 4. The quantitative estimate of drug-likeness (QED) is 0.0563. The molecule has 250 valence electrons. The topological polar surface area (TPSA) is 270 Å². The molecule has 0 bridgehead atoms. The molecule has 17 nitrogen and oxygen atoms in total. The molecule has 1 heterocycles. The lowest BCUT2D eigenvalue weighted by Crippen LogP contribution is -2.53. The highest BCUT2D eigenvalue weighted by molar-refractivity contribution is 7.89. The van der Waals surface area contributed by atoms with E-state index in [2.05, 4.69) is 20.3 Å². The predicted octanol–water partition coefficient (Wildman–Crippen LogP) is 0.441. The van der Waals surface area contributed by atoms with Crippen LogP contribution in [0.2, 0.25) is 0 Å². The van der Waals surface area contributed by atoms with Crippen molar-refractivity contribution in [3.05, 3.63) is 64.2 Å². The molecule has 1 aliphatic rings. The van der Waals surface area contributed by atoms with Crippen molar-refractivity contribution < 1.29 is 37.6 Å². The van der Waals surface area contributed by atoms with Gasteiger partial charge in [0.15, 0.2) is 5.96 Å². The number of nitrogens with zero attached hydrogens (tertiary/aromatic N) is 3. The number of benzene rings is 2. The number of aliphatic imine (C=N–C) groups is 1. The first-order chi connectivity index (χ1) is 21.6. The van der Waals surface area contributed by atoms with Gasteiger partial charge in [0.05, 0.1) is 16.4 Å². The van der Waals surface area contributed by atoms with Crippen LogP contribution in [0.25, 0.3) is 0 Å². The number of nitrogens with two attached hydrogens (primary N) is 2. The number of likely N-dealkylation sites (tertiary alicyclic amines) is 1. The Labute approximate surface area is 265 Å². The molecular formula is C28H38N8O9S. The summed E-state index contributed by atoms with van der Waals surface area (Å²) in [6.45, 7) is 2.81. The van der Waals surface area contributed by atoms with Crippen LogP contribution in [0.5, 0.6) is 0 Å². The van der Waals surface area contributed by atoms with E-state index in [1.807, 2.05) is 6.92 Å². The summed E-state index contributed by atoms with van der Waals surface area (Å²) in [4.78, 5) is 63.8. The number of rotatable bonds is 13. The van der Waals surface area contributed by atoms with Gasteiger partial charge in [0.2, 0.25) is 27.7 Å². The van der Waals surface area contributed by atoms with Crippen molar-refractivity contribution >= 4 is 51.0 Å². The smallest absolute Gasteiger partial charge is 0.300 e. The van der Waals surface area contributed by atoms with E-state index in [0.717, 1.165) is 12.5 Å². The standard InChI is InChI=1S/C26H34N8O7S.C2H4O2/c1-17-6-12-20(13-7-17)42(40,41)30-16-23(35)33-15-3-5-22(33)25(37)32-21(4-2-14-29-26(27)28)24(36)31-18-8-10-19(11-9-18)34(38)39;1-2(3)4/h6-13,21-22,30H,2-5,14-16H2,1H3,(H,31,36)(H,32,37)(H4,27,28,29);1H3,(H,3,4)/t21-,22-;/m1./s1. The fourth-order valence-electron chi connectivity index (χ4n) is 4.33. The molecule has 0 spiro atoms. The number of non-ortho nitro benzene ring substituents is 1. The average molecular weight is 663 g/mol. The van der Waals surface area contributed by atoms with Crippen LogP contribution in [0.15, 0.2) is 58.4 Å². The molecule has 0 aromatic heterocycles. The number of hydrogen-bond acceptors (Lipinski definition) is 9. The number of aliphatic carboxylic acids is 1. The Morgan fingerprint density at radius 1 is 1.11 bits per heavy atom. The number of guanidine groups is 1. The van der Waals surface area contributed by atoms with Gasteiger partial charge < -0.3 is 32.1 Å². The van der Waals surface area contributed by atoms with Crippen LogP contribution in [0.1, 0.15) is 38.2 Å². The summed E-state index contributed by atoms with van der Waals surface area (Å²) in [5, 5.41) is 23.6. The van der Waals surface area contributed by atoms with E-state index in [-0.39, 0.29) is 41.7 Å². The van der Waals surface area contributed by atoms with Crippen molar-refractivity contribution in [3.8, 4) is 0 Å². The highest BCUT2D eigenvalue weighted by atomic mass is 32.2. The fourth-order valence-corrected chi connectivity index (χ4v) is 5.31. The Kier molecular flexibility index (Phi) is 14.0. The summed E-state index contributed by atoms with van der Waals surface area (Å²) in [5.41, 5.74) is 11.7. The molecule has 46 heavy (non-hydrogen) atoms. The van der Waals surface area contributed by atoms with Crippen LogP contribution in [-0.2, 0) is 29.2 Å². The zero-order chi connectivity index (χ0) is 34.4. The molecular weight excluding hydrogens is 624 g/mol. The van der Waals surface area contributed by atoms with Crippen molar-refractivity contribution in [3.63, 3.8) is 0 Å². The van der Waals surface area contributed by atoms with Crippen LogP contribution in [0, 0.1) is 17.0 Å². The molecule has 1 aliphatic heterocycles. The number of amides is 3. The Hall–Kier alpha value is -5.10. The number of nitro groups is 1. The van der Waals surface area contributed by atoms with Crippen LogP contribution in [0.3, 0.4) is 0 Å². The van der Waals surface area contributed by atoms with E-state index in [1.165, 1.54) is 41.3 Å². The number of carbonyl (C=O) groups excluding carboxylic acids is 3. The Morgan fingerprint density at radius 3 is 2.28 bits per heavy atom. The van der Waals surface area contributed by atoms with Gasteiger partial charge in [-0.1, -0.05) is 17.7 Å². The molecule has 1 fully saturated rings. The van der Waals surface area contributed by atoms with Crippen LogP contribution >= 0.6 is 0 Å². The highest BCUT2D eigenvalue weighted by Gasteiger charge is 2.36. The number of anilines is 1. The van der Waals surface area contributed by atoms with Crippen LogP contribution < -0.4 is 26.8 Å². The molecule has 1 saturated heterocycles. The van der Waals surface area contributed by atoms with Gasteiger partial charge in [-0.05, 0) is 56.9 Å². The zero-order valence-electron chi connectivity index (χ0n) is 25.3. The maximum atomic E-state index is 13.3. The molecule has 8 N–H and O–H groups in total. The van der Waals surface area contributed by atoms with Crippen molar-refractivity contribution in [2.75, 3.05) is 25.0 Å². The first kappa shape index (κ1) is 37.1. The van der Waals surface area contributed by atoms with Gasteiger partial charge >= 0.3 is 0 Å². The van der Waals surface area contributed by atoms with E-state index in [0.29, 0.717) is 19.3 Å². The van der Waals surface area contributed by atoms with Gasteiger partial charge in [-0.3, -0.25) is 34.3 Å². The first-order valence-electron chi connectivity index (χ1n) is 14.1. The summed E-state index contributed by atoms with van der Waals surface area (Å²) >= 11 is 0. The molecule has 0 unspecified atom stereocenters. The monoisotopic (exact) mass is 662 g/mol. The third-order valence-corrected chi connectivity index (χ3v) is 7.96. The molecule has 3 amide bonds. The van der Waals surface area contributed by atoms with Crippen molar-refractivity contribution in [1.29, 1.82) is 0 Å². The second-order valence-electron chi connectivity index (χ2n) is 10.2. The zero-order valence-corrected chi connectivity index (χ0v) is 26.2. The summed E-state index contributed by atoms with van der Waals surface area (Å²) < 4.78 is 27.5. The van der Waals surface area contributed by atoms with E-state index >= 15 is 0 Å². The minimum absolute atomic E-state index is 0.0132. The molecule has 0 saturated carbocycles. The van der Waals surface area contributed by atoms with Gasteiger partial charge in [0, 0.05) is 37.8 Å². The number of aryl methyl sites for hydroxylation is 1. The molecule has 2 aromatic carbocycles. The lowest BCUT2D eigenvalue weighted by Gasteiger charge is -2.26. The van der Waals surface area contributed by atoms with Crippen molar-refractivity contribution in [2.24, 2.45) is 16.5 Å². The Morgan fingerprint density at radius 2 is 1.72 bits per heavy atom. The Bertz CT molecular complexity index is 1520. The second-order valence-corrected chi connectivity index (χ2v) is 12.0. The molecule has 2 atom stereocenters. The molecule has 3 rings (SSSR count). The molecule has 2 aromatic rings. The third kappa shape index (κ3) is 12.1. The second kappa shape index (κ2) is 17.4. The average Bonchev–Trinajstić information content (AvgIpc) is 3.48. The van der Waals surface area contributed by atoms with E-state index in [9.17, 15) is 32.9 Å². The summed E-state index contributed by atoms with van der Waals surface area (Å²) in [7, 11) is -3.94. The van der Waals surface area contributed by atoms with Gasteiger partial charge in [-0.15, -0.1) is 0 Å². The first-order valence-corrected chi connectivity index (χ1v) is 15.6. The number of hydrogen-bond donors (Lipinski definition) is 6. The molecule has 0 radical (unpaired) electrons. The third-order valence-electron chi connectivity index (χ3n) is 6.54. The van der Waals surface area contributed by atoms with E-state index in [4.69, 9.17) is 21.4 Å². The van der Waals surface area contributed by atoms with Crippen LogP contribution in [0.4, 0.5) is 11.4 Å². The fraction of sp³-hybridized carbons (Fsp3) is 0.393. The van der Waals surface area contributed by atoms with Gasteiger partial charge in [0.25, 0.3) is 11.7 Å². The Balaban J connectivity index is 0.00000173. The summed E-state index contributed by atoms with van der Waals surface area (Å²) in [5.74, 6) is -2.69. The molecule has 18 heteroatoms. The summed E-state index contributed by atoms with van der Waals surface area (Å²) in [6.07, 6.45) is 1.33. The lowest BCUT2D eigenvalue weighted by atomic mass is 10.1. The van der Waals surface area contributed by atoms with Gasteiger partial charge in [-0.25, -0.2) is 13.1 Å².